The van der Waals surface area contributed by atoms with Crippen molar-refractivity contribution < 1.29 is 19.8 Å². The highest BCUT2D eigenvalue weighted by atomic mass is 16.4. The van der Waals surface area contributed by atoms with Crippen LogP contribution < -0.4 is 5.32 Å². The average molecular weight is 235 g/mol. The molecule has 0 aliphatic heterocycles. The van der Waals surface area contributed by atoms with Crippen molar-refractivity contribution in [2.24, 2.45) is 0 Å². The minimum absolute atomic E-state index is 0.133. The first-order valence-electron chi connectivity index (χ1n) is 4.98. The normalized spacial score (nSPS) is 10.4. The molecule has 0 unspecified atom stereocenters. The molecule has 17 heavy (non-hydrogen) atoms. The van der Waals surface area contributed by atoms with E-state index in [2.05, 4.69) is 5.32 Å². The van der Waals surface area contributed by atoms with E-state index in [1.165, 1.54) is 19.1 Å². The van der Waals surface area contributed by atoms with Crippen LogP contribution in [0.5, 0.6) is 5.75 Å². The van der Waals surface area contributed by atoms with Crippen molar-refractivity contribution in [3.8, 4) is 5.75 Å². The Balaban J connectivity index is 2.75. The molecule has 0 aliphatic rings. The Hall–Kier alpha value is -2.30. The molecular formula is C12H13NO4. The van der Waals surface area contributed by atoms with Gasteiger partial charge in [0.1, 0.15) is 11.3 Å². The molecule has 90 valence electrons. The zero-order valence-corrected chi connectivity index (χ0v) is 9.30. The Bertz CT molecular complexity index is 466. The molecule has 1 rings (SSSR count). The van der Waals surface area contributed by atoms with Crippen LogP contribution in [-0.2, 0) is 4.79 Å². The number of benzene rings is 1. The molecule has 5 heteroatoms. The second kappa shape index (κ2) is 5.69. The summed E-state index contributed by atoms with van der Waals surface area (Å²) in [6, 6.07) is 4.27. The van der Waals surface area contributed by atoms with Gasteiger partial charge in [0, 0.05) is 13.5 Å². The van der Waals surface area contributed by atoms with Crippen LogP contribution in [0.4, 0.5) is 0 Å². The minimum atomic E-state index is -1.18. The van der Waals surface area contributed by atoms with Gasteiger partial charge in [0.25, 0.3) is 0 Å². The summed E-state index contributed by atoms with van der Waals surface area (Å²) >= 11 is 0. The van der Waals surface area contributed by atoms with Gasteiger partial charge in [-0.3, -0.25) is 4.79 Å². The summed E-state index contributed by atoms with van der Waals surface area (Å²) in [5.41, 5.74) is 0.497. The van der Waals surface area contributed by atoms with Gasteiger partial charge >= 0.3 is 5.97 Å². The molecule has 0 radical (unpaired) electrons. The van der Waals surface area contributed by atoms with Crippen molar-refractivity contribution in [3.63, 3.8) is 0 Å². The molecular weight excluding hydrogens is 222 g/mol. The summed E-state index contributed by atoms with van der Waals surface area (Å²) in [4.78, 5) is 21.3. The van der Waals surface area contributed by atoms with Crippen molar-refractivity contribution in [1.29, 1.82) is 0 Å². The summed E-state index contributed by atoms with van der Waals surface area (Å²) in [6.07, 6.45) is 3.36. The van der Waals surface area contributed by atoms with Crippen LogP contribution in [0.25, 0.3) is 6.08 Å². The summed E-state index contributed by atoms with van der Waals surface area (Å²) in [5.74, 6) is -1.58. The van der Waals surface area contributed by atoms with E-state index in [0.29, 0.717) is 12.1 Å². The van der Waals surface area contributed by atoms with Crippen molar-refractivity contribution in [2.75, 3.05) is 6.54 Å². The van der Waals surface area contributed by atoms with Crippen molar-refractivity contribution in [3.05, 3.63) is 35.4 Å². The molecule has 1 aromatic rings. The third kappa shape index (κ3) is 3.98. The number of carbonyl (C=O) groups excluding carboxylic acids is 1. The smallest absolute Gasteiger partial charge is 0.339 e. The zero-order chi connectivity index (χ0) is 12.8. The SMILES string of the molecule is CC(=O)NCC=Cc1ccc(O)c(C(=O)O)c1. The number of nitrogens with one attached hydrogen (secondary N) is 1. The summed E-state index contributed by atoms with van der Waals surface area (Å²) < 4.78 is 0. The lowest BCUT2D eigenvalue weighted by atomic mass is 10.1. The molecule has 5 nitrogen and oxygen atoms in total. The third-order valence-electron chi connectivity index (χ3n) is 2.03. The molecule has 0 heterocycles. The van der Waals surface area contributed by atoms with Crippen LogP contribution in [-0.4, -0.2) is 28.6 Å². The Morgan fingerprint density at radius 3 is 2.71 bits per heavy atom. The van der Waals surface area contributed by atoms with Gasteiger partial charge in [-0.15, -0.1) is 0 Å². The molecule has 0 saturated heterocycles. The first-order valence-corrected chi connectivity index (χ1v) is 4.98. The maximum absolute atomic E-state index is 10.8. The quantitative estimate of drug-likeness (QED) is 0.732. The predicted molar refractivity (Wildman–Crippen MR) is 62.8 cm³/mol. The number of hydrogen-bond donors (Lipinski definition) is 3. The maximum atomic E-state index is 10.8. The highest BCUT2D eigenvalue weighted by Crippen LogP contribution is 2.19. The summed E-state index contributed by atoms with van der Waals surface area (Å²) in [5, 5.41) is 20.7. The second-order valence-electron chi connectivity index (χ2n) is 3.42. The number of amides is 1. The van der Waals surface area contributed by atoms with Gasteiger partial charge in [-0.2, -0.15) is 0 Å². The van der Waals surface area contributed by atoms with Crippen LogP contribution in [0, 0.1) is 0 Å². The molecule has 0 aromatic heterocycles. The predicted octanol–water partition coefficient (Wildman–Crippen LogP) is 1.24. The maximum Gasteiger partial charge on any atom is 0.339 e. The summed E-state index contributed by atoms with van der Waals surface area (Å²) in [7, 11) is 0. The van der Waals surface area contributed by atoms with Crippen LogP contribution in [0.3, 0.4) is 0 Å². The molecule has 0 aliphatic carbocycles. The lowest BCUT2D eigenvalue weighted by Gasteiger charge is -2.01. The van der Waals surface area contributed by atoms with Gasteiger partial charge < -0.3 is 15.5 Å². The van der Waals surface area contributed by atoms with E-state index in [0.717, 1.165) is 0 Å². The van der Waals surface area contributed by atoms with Crippen molar-refractivity contribution in [2.45, 2.75) is 6.92 Å². The van der Waals surface area contributed by atoms with E-state index in [9.17, 15) is 14.7 Å². The number of aromatic hydroxyl groups is 1. The standard InChI is InChI=1S/C12H13NO4/c1-8(14)13-6-2-3-9-4-5-11(15)10(7-9)12(16)17/h2-5,7,15H,6H2,1H3,(H,13,14)(H,16,17). The average Bonchev–Trinajstić information content (AvgIpc) is 2.25. The van der Waals surface area contributed by atoms with Crippen LogP contribution in [0.1, 0.15) is 22.8 Å². The zero-order valence-electron chi connectivity index (χ0n) is 9.30. The van der Waals surface area contributed by atoms with E-state index >= 15 is 0 Å². The molecule has 1 aromatic carbocycles. The number of carbonyl (C=O) groups is 2. The summed E-state index contributed by atoms with van der Waals surface area (Å²) in [6.45, 7) is 1.79. The Morgan fingerprint density at radius 2 is 2.12 bits per heavy atom. The van der Waals surface area contributed by atoms with Crippen LogP contribution >= 0.6 is 0 Å². The van der Waals surface area contributed by atoms with Gasteiger partial charge in [-0.1, -0.05) is 18.2 Å². The van der Waals surface area contributed by atoms with Gasteiger partial charge in [0.05, 0.1) is 0 Å². The Morgan fingerprint density at radius 1 is 1.41 bits per heavy atom. The Labute approximate surface area is 98.4 Å². The van der Waals surface area contributed by atoms with Gasteiger partial charge in [-0.05, 0) is 17.7 Å². The van der Waals surface area contributed by atoms with Crippen LogP contribution in [0.15, 0.2) is 24.3 Å². The number of carboxylic acids is 1. The fourth-order valence-corrected chi connectivity index (χ4v) is 1.23. The van der Waals surface area contributed by atoms with E-state index in [1.54, 1.807) is 18.2 Å². The van der Waals surface area contributed by atoms with E-state index in [1.807, 2.05) is 0 Å². The van der Waals surface area contributed by atoms with Crippen LogP contribution in [0.2, 0.25) is 0 Å². The molecule has 0 spiro atoms. The molecule has 0 atom stereocenters. The van der Waals surface area contributed by atoms with E-state index in [4.69, 9.17) is 5.11 Å². The second-order valence-corrected chi connectivity index (χ2v) is 3.42. The monoisotopic (exact) mass is 235 g/mol. The van der Waals surface area contributed by atoms with E-state index in [-0.39, 0.29) is 17.2 Å². The molecule has 0 bridgehead atoms. The third-order valence-corrected chi connectivity index (χ3v) is 2.03. The number of rotatable bonds is 4. The highest BCUT2D eigenvalue weighted by molar-refractivity contribution is 5.91. The number of hydrogen-bond acceptors (Lipinski definition) is 3. The minimum Gasteiger partial charge on any atom is -0.507 e. The van der Waals surface area contributed by atoms with Gasteiger partial charge in [-0.25, -0.2) is 4.79 Å². The van der Waals surface area contributed by atoms with Crippen molar-refractivity contribution >= 4 is 18.0 Å². The molecule has 1 amide bonds. The number of aromatic carboxylic acids is 1. The van der Waals surface area contributed by atoms with Gasteiger partial charge in [0.15, 0.2) is 0 Å². The fraction of sp³-hybridized carbons (Fsp3) is 0.167. The van der Waals surface area contributed by atoms with Crippen molar-refractivity contribution in [1.82, 2.24) is 5.32 Å². The molecule has 0 saturated carbocycles. The van der Waals surface area contributed by atoms with E-state index < -0.39 is 5.97 Å². The number of carboxylic acid groups (broad SMARTS) is 1. The first-order chi connectivity index (χ1) is 8.00. The number of phenols is 1. The van der Waals surface area contributed by atoms with Gasteiger partial charge in [0.2, 0.25) is 5.91 Å². The largest absolute Gasteiger partial charge is 0.507 e. The lowest BCUT2D eigenvalue weighted by molar-refractivity contribution is -0.118. The molecule has 0 fully saturated rings. The first kappa shape index (κ1) is 12.8. The lowest BCUT2D eigenvalue weighted by Crippen LogP contribution is -2.19. The topological polar surface area (TPSA) is 86.6 Å². The fourth-order valence-electron chi connectivity index (χ4n) is 1.23. The Kier molecular flexibility index (Phi) is 4.28. The highest BCUT2D eigenvalue weighted by Gasteiger charge is 2.08. The molecule has 3 N–H and O–H groups in total.